The van der Waals surface area contributed by atoms with Crippen LogP contribution in [0.1, 0.15) is 39.1 Å². The standard InChI is InChI=1S/C24H16Cl2N6O3S/c25-13-1-3-18(31-11-27-29-30-31)15(9-13)12-7-14-2-4-19(32(14)22(33)8-12)17-10-16(23(26)28-17)20-5-6-21(36-20)24(34)35/h1,3,5-9,11,19H,2,4,10H2,(H,34,35)/t19-/m0/s1. The summed E-state index contributed by atoms with van der Waals surface area (Å²) in [7, 11) is 0. The van der Waals surface area contributed by atoms with Crippen molar-refractivity contribution in [3.63, 3.8) is 0 Å². The molecule has 12 heteroatoms. The molecule has 180 valence electrons. The van der Waals surface area contributed by atoms with E-state index in [1.54, 1.807) is 34.9 Å². The van der Waals surface area contributed by atoms with Crippen LogP contribution in [0.25, 0.3) is 22.4 Å². The van der Waals surface area contributed by atoms with E-state index in [-0.39, 0.29) is 16.5 Å². The molecule has 5 heterocycles. The SMILES string of the molecule is O=C(O)c1ccc(C2=C(Cl)N=C([C@@H]3CCc4cc(-c5cc(Cl)ccc5-n5cnnn5)cc(=O)n43)C2)s1. The lowest BCUT2D eigenvalue weighted by Gasteiger charge is -2.16. The summed E-state index contributed by atoms with van der Waals surface area (Å²) in [6.07, 6.45) is 3.37. The van der Waals surface area contributed by atoms with Gasteiger partial charge in [0, 0.05) is 44.9 Å². The van der Waals surface area contributed by atoms with Crippen molar-refractivity contribution >= 4 is 51.8 Å². The highest BCUT2D eigenvalue weighted by molar-refractivity contribution is 7.15. The third-order valence-corrected chi connectivity index (χ3v) is 8.03. The van der Waals surface area contributed by atoms with Crippen molar-refractivity contribution in [1.29, 1.82) is 0 Å². The molecule has 2 aliphatic rings. The first-order valence-electron chi connectivity index (χ1n) is 11.0. The van der Waals surface area contributed by atoms with Gasteiger partial charge in [0.05, 0.1) is 11.7 Å². The number of allylic oxidation sites excluding steroid dienone is 1. The lowest BCUT2D eigenvalue weighted by molar-refractivity contribution is 0.0702. The number of rotatable bonds is 5. The molecule has 36 heavy (non-hydrogen) atoms. The predicted molar refractivity (Wildman–Crippen MR) is 137 cm³/mol. The average molecular weight is 539 g/mol. The van der Waals surface area contributed by atoms with E-state index in [1.165, 1.54) is 22.3 Å². The third-order valence-electron chi connectivity index (χ3n) is 6.35. The van der Waals surface area contributed by atoms with E-state index in [0.717, 1.165) is 39.4 Å². The molecule has 0 saturated heterocycles. The monoisotopic (exact) mass is 538 g/mol. The molecular weight excluding hydrogens is 523 g/mol. The number of tetrazole rings is 1. The zero-order chi connectivity index (χ0) is 25.0. The second-order valence-corrected chi connectivity index (χ2v) is 10.3. The van der Waals surface area contributed by atoms with E-state index >= 15 is 0 Å². The smallest absolute Gasteiger partial charge is 0.345 e. The summed E-state index contributed by atoms with van der Waals surface area (Å²) in [5.74, 6) is -0.975. The van der Waals surface area contributed by atoms with E-state index in [1.807, 2.05) is 12.1 Å². The van der Waals surface area contributed by atoms with Crippen molar-refractivity contribution in [1.82, 2.24) is 24.8 Å². The number of halogens is 2. The van der Waals surface area contributed by atoms with Crippen LogP contribution < -0.4 is 5.56 Å². The summed E-state index contributed by atoms with van der Waals surface area (Å²) >= 11 is 13.9. The quantitative estimate of drug-likeness (QED) is 0.363. The van der Waals surface area contributed by atoms with Gasteiger partial charge in [-0.15, -0.1) is 16.4 Å². The molecule has 3 aromatic heterocycles. The van der Waals surface area contributed by atoms with Crippen molar-refractivity contribution in [3.8, 4) is 16.8 Å². The number of hydrogen-bond donors (Lipinski definition) is 1. The topological polar surface area (TPSA) is 115 Å². The second-order valence-electron chi connectivity index (χ2n) is 8.43. The van der Waals surface area contributed by atoms with Crippen LogP contribution in [0.5, 0.6) is 0 Å². The highest BCUT2D eigenvalue weighted by Gasteiger charge is 2.32. The molecule has 6 rings (SSSR count). The first-order chi connectivity index (χ1) is 17.4. The van der Waals surface area contributed by atoms with Gasteiger partial charge in [-0.2, -0.15) is 4.68 Å². The van der Waals surface area contributed by atoms with Gasteiger partial charge < -0.3 is 9.67 Å². The number of fused-ring (bicyclic) bond motifs is 1. The number of thiophene rings is 1. The molecule has 1 N–H and O–H groups in total. The minimum absolute atomic E-state index is 0.149. The largest absolute Gasteiger partial charge is 0.477 e. The maximum Gasteiger partial charge on any atom is 0.345 e. The predicted octanol–water partition coefficient (Wildman–Crippen LogP) is 4.84. The fourth-order valence-electron chi connectivity index (χ4n) is 4.76. The number of aliphatic imine (C=N–C) groups is 1. The van der Waals surface area contributed by atoms with E-state index in [9.17, 15) is 14.7 Å². The van der Waals surface area contributed by atoms with Crippen LogP contribution in [0.4, 0.5) is 0 Å². The number of carboxylic acids is 1. The molecule has 2 aliphatic heterocycles. The molecule has 1 atom stereocenters. The summed E-state index contributed by atoms with van der Waals surface area (Å²) in [4.78, 5) is 30.3. The number of carboxylic acid groups (broad SMARTS) is 1. The maximum absolute atomic E-state index is 13.4. The van der Waals surface area contributed by atoms with Gasteiger partial charge in [0.2, 0.25) is 0 Å². The van der Waals surface area contributed by atoms with E-state index in [4.69, 9.17) is 23.2 Å². The summed E-state index contributed by atoms with van der Waals surface area (Å²) in [5, 5.41) is 21.5. The van der Waals surface area contributed by atoms with Crippen molar-refractivity contribution in [2.75, 3.05) is 0 Å². The summed E-state index contributed by atoms with van der Waals surface area (Å²) in [5.41, 5.74) is 4.51. The Bertz CT molecular complexity index is 1650. The Morgan fingerprint density at radius 1 is 1.14 bits per heavy atom. The molecule has 0 fully saturated rings. The van der Waals surface area contributed by atoms with Crippen LogP contribution in [0, 0.1) is 0 Å². The number of benzene rings is 1. The Hall–Kier alpha value is -3.60. The lowest BCUT2D eigenvalue weighted by atomic mass is 10.0. The van der Waals surface area contributed by atoms with Crippen molar-refractivity contribution in [2.24, 2.45) is 4.99 Å². The Morgan fingerprint density at radius 2 is 2.00 bits per heavy atom. The summed E-state index contributed by atoms with van der Waals surface area (Å²) < 4.78 is 3.30. The van der Waals surface area contributed by atoms with Gasteiger partial charge in [0.15, 0.2) is 0 Å². The molecule has 0 bridgehead atoms. The summed E-state index contributed by atoms with van der Waals surface area (Å²) in [6.45, 7) is 0. The molecule has 0 amide bonds. The van der Waals surface area contributed by atoms with Crippen LogP contribution in [-0.4, -0.2) is 41.6 Å². The highest BCUT2D eigenvalue weighted by Crippen LogP contribution is 2.40. The molecule has 1 aromatic carbocycles. The van der Waals surface area contributed by atoms with Crippen LogP contribution in [0.2, 0.25) is 5.02 Å². The zero-order valence-electron chi connectivity index (χ0n) is 18.4. The first kappa shape index (κ1) is 22.8. The van der Waals surface area contributed by atoms with Crippen LogP contribution in [0.15, 0.2) is 63.7 Å². The Balaban J connectivity index is 1.33. The number of aromatic nitrogens is 5. The molecule has 0 spiro atoms. The normalized spacial score (nSPS) is 16.9. The molecule has 9 nitrogen and oxygen atoms in total. The van der Waals surface area contributed by atoms with Gasteiger partial charge in [-0.3, -0.25) is 4.79 Å². The minimum atomic E-state index is -0.975. The number of aryl methyl sites for hydroxylation is 1. The molecule has 0 unspecified atom stereocenters. The Kier molecular flexibility index (Phi) is 5.59. The second kappa shape index (κ2) is 8.81. The third kappa shape index (κ3) is 3.87. The molecule has 0 radical (unpaired) electrons. The van der Waals surface area contributed by atoms with Crippen LogP contribution in [-0.2, 0) is 6.42 Å². The average Bonchev–Trinajstić information content (AvgIpc) is 3.64. The molecule has 4 aromatic rings. The first-order valence-corrected chi connectivity index (χ1v) is 12.5. The van der Waals surface area contributed by atoms with E-state index in [0.29, 0.717) is 28.7 Å². The van der Waals surface area contributed by atoms with Gasteiger partial charge in [-0.1, -0.05) is 23.2 Å². The number of aromatic carboxylic acids is 1. The molecule has 0 saturated carbocycles. The maximum atomic E-state index is 13.4. The summed E-state index contributed by atoms with van der Waals surface area (Å²) in [6, 6.07) is 12.0. The number of carbonyl (C=O) groups is 1. The number of hydrogen-bond acceptors (Lipinski definition) is 7. The van der Waals surface area contributed by atoms with Gasteiger partial charge >= 0.3 is 5.97 Å². The fraction of sp³-hybridized carbons (Fsp3) is 0.167. The van der Waals surface area contributed by atoms with Gasteiger partial charge in [0.25, 0.3) is 5.56 Å². The van der Waals surface area contributed by atoms with Gasteiger partial charge in [-0.25, -0.2) is 9.79 Å². The number of pyridine rings is 1. The molecule has 0 aliphatic carbocycles. The van der Waals surface area contributed by atoms with Crippen molar-refractivity contribution in [2.45, 2.75) is 25.3 Å². The fourth-order valence-corrected chi connectivity index (χ4v) is 6.15. The van der Waals surface area contributed by atoms with Crippen LogP contribution in [0.3, 0.4) is 0 Å². The highest BCUT2D eigenvalue weighted by atomic mass is 35.5. The van der Waals surface area contributed by atoms with Crippen molar-refractivity contribution in [3.05, 3.63) is 84.8 Å². The van der Waals surface area contributed by atoms with E-state index in [2.05, 4.69) is 20.5 Å². The minimum Gasteiger partial charge on any atom is -0.477 e. The number of nitrogens with zero attached hydrogens (tertiary/aromatic N) is 6. The van der Waals surface area contributed by atoms with Gasteiger partial charge in [0.1, 0.15) is 16.4 Å². The van der Waals surface area contributed by atoms with E-state index < -0.39 is 5.97 Å². The Morgan fingerprint density at radius 3 is 2.75 bits per heavy atom. The van der Waals surface area contributed by atoms with Crippen LogP contribution >= 0.6 is 34.5 Å². The zero-order valence-corrected chi connectivity index (χ0v) is 20.8. The van der Waals surface area contributed by atoms with Gasteiger partial charge in [-0.05, 0) is 65.2 Å². The van der Waals surface area contributed by atoms with Crippen molar-refractivity contribution < 1.29 is 9.90 Å². The Labute approximate surface area is 217 Å². The molecular formula is C24H16Cl2N6O3S. The lowest BCUT2D eigenvalue weighted by Crippen LogP contribution is -2.27.